The molecular weight excluding hydrogens is 426 g/mol. The molecule has 5 rings (SSSR count). The maximum absolute atomic E-state index is 12.1. The summed E-state index contributed by atoms with van der Waals surface area (Å²) in [4.78, 5) is 32.4. The Labute approximate surface area is 176 Å². The fourth-order valence-corrected chi connectivity index (χ4v) is 5.60. The minimum absolute atomic E-state index is 0.196. The maximum Gasteiger partial charge on any atom is 0.290 e. The Balaban J connectivity index is 1.54. The number of imidazole rings is 1. The van der Waals surface area contributed by atoms with Crippen molar-refractivity contribution in [3.63, 3.8) is 0 Å². The number of sulfonamides is 1. The van der Waals surface area contributed by atoms with E-state index in [1.54, 1.807) is 24.5 Å². The monoisotopic (exact) mass is 443 g/mol. The normalized spacial score (nSPS) is 23.0. The standard InChI is InChI=1S/C19H17N5O4S2/c1-30(27,28)24-7-6-11-2-4-13(9-15(11)24)23-10-20-14-5-3-12(21-17(14)23)8-16-18(25)22-19(26)29-16/h3-5,8-11H,2,6-7H2,1H3,(H,22,25,26). The summed E-state index contributed by atoms with van der Waals surface area (Å²) in [6.07, 6.45) is 9.94. The first-order valence-electron chi connectivity index (χ1n) is 9.28. The van der Waals surface area contributed by atoms with Crippen molar-refractivity contribution in [2.45, 2.75) is 12.8 Å². The number of carbonyl (C=O) groups is 2. The molecular formula is C19H17N5O4S2. The highest BCUT2D eigenvalue weighted by atomic mass is 32.2. The van der Waals surface area contributed by atoms with Crippen LogP contribution in [0.4, 0.5) is 4.79 Å². The molecule has 154 valence electrons. The van der Waals surface area contributed by atoms with E-state index in [4.69, 9.17) is 0 Å². The molecule has 2 aromatic rings. The highest BCUT2D eigenvalue weighted by Gasteiger charge is 2.34. The summed E-state index contributed by atoms with van der Waals surface area (Å²) in [6.45, 7) is 0.496. The zero-order valence-corrected chi connectivity index (χ0v) is 17.5. The third kappa shape index (κ3) is 3.23. The molecule has 2 aliphatic heterocycles. The lowest BCUT2D eigenvalue weighted by molar-refractivity contribution is -0.115. The smallest absolute Gasteiger partial charge is 0.284 e. The van der Waals surface area contributed by atoms with E-state index in [9.17, 15) is 18.0 Å². The maximum atomic E-state index is 12.1. The summed E-state index contributed by atoms with van der Waals surface area (Å²) in [5.74, 6) is -0.241. The number of nitrogens with one attached hydrogen (secondary N) is 1. The molecule has 11 heteroatoms. The fraction of sp³-hybridized carbons (Fsp3) is 0.263. The van der Waals surface area contributed by atoms with Gasteiger partial charge in [0.25, 0.3) is 11.1 Å². The SMILES string of the molecule is CS(=O)(=O)N1CCC2CC=C(n3cnc4ccc(C=C5SC(=O)NC5=O)nc43)C=C21. The fourth-order valence-electron chi connectivity index (χ4n) is 3.91. The molecule has 30 heavy (non-hydrogen) atoms. The van der Waals surface area contributed by atoms with Gasteiger partial charge >= 0.3 is 0 Å². The van der Waals surface area contributed by atoms with E-state index in [1.165, 1.54) is 10.6 Å². The molecule has 2 fully saturated rings. The number of rotatable bonds is 3. The molecule has 2 saturated heterocycles. The predicted octanol–water partition coefficient (Wildman–Crippen LogP) is 2.17. The predicted molar refractivity (Wildman–Crippen MR) is 113 cm³/mol. The second-order valence-corrected chi connectivity index (χ2v) is 10.2. The number of imide groups is 1. The zero-order chi connectivity index (χ0) is 21.0. The zero-order valence-electron chi connectivity index (χ0n) is 15.9. The number of carbonyl (C=O) groups excluding carboxylic acids is 2. The Morgan fingerprint density at radius 1 is 1.30 bits per heavy atom. The van der Waals surface area contributed by atoms with Gasteiger partial charge in [-0.25, -0.2) is 18.4 Å². The summed E-state index contributed by atoms with van der Waals surface area (Å²) in [6, 6.07) is 3.53. The van der Waals surface area contributed by atoms with E-state index in [0.717, 1.165) is 36.0 Å². The Morgan fingerprint density at radius 2 is 2.13 bits per heavy atom. The van der Waals surface area contributed by atoms with Gasteiger partial charge in [-0.05, 0) is 48.9 Å². The van der Waals surface area contributed by atoms with Crippen LogP contribution in [0.3, 0.4) is 0 Å². The van der Waals surface area contributed by atoms with E-state index in [0.29, 0.717) is 23.4 Å². The van der Waals surface area contributed by atoms with Gasteiger partial charge in [0.2, 0.25) is 10.0 Å². The minimum atomic E-state index is -3.32. The van der Waals surface area contributed by atoms with Gasteiger partial charge in [-0.2, -0.15) is 0 Å². The number of nitrogens with zero attached hydrogens (tertiary/aromatic N) is 4. The Kier molecular flexibility index (Phi) is 4.33. The molecule has 1 N–H and O–H groups in total. The van der Waals surface area contributed by atoms with Crippen LogP contribution in [0.2, 0.25) is 0 Å². The second-order valence-electron chi connectivity index (χ2n) is 7.30. The van der Waals surface area contributed by atoms with Crippen molar-refractivity contribution in [1.29, 1.82) is 0 Å². The minimum Gasteiger partial charge on any atom is -0.284 e. The highest BCUT2D eigenvalue weighted by Crippen LogP contribution is 2.38. The molecule has 1 unspecified atom stereocenters. The number of thioether (sulfide) groups is 1. The average molecular weight is 444 g/mol. The van der Waals surface area contributed by atoms with Gasteiger partial charge in [-0.15, -0.1) is 0 Å². The second kappa shape index (κ2) is 6.81. The van der Waals surface area contributed by atoms with Crippen LogP contribution in [0.1, 0.15) is 18.5 Å². The van der Waals surface area contributed by atoms with Gasteiger partial charge in [0.15, 0.2) is 5.65 Å². The number of hydrogen-bond donors (Lipinski definition) is 1. The molecule has 2 amide bonds. The van der Waals surface area contributed by atoms with E-state index < -0.39 is 21.2 Å². The van der Waals surface area contributed by atoms with Crippen LogP contribution in [-0.4, -0.2) is 51.2 Å². The average Bonchev–Trinajstić information content (AvgIpc) is 3.37. The van der Waals surface area contributed by atoms with E-state index in [2.05, 4.69) is 21.4 Å². The summed E-state index contributed by atoms with van der Waals surface area (Å²) in [7, 11) is -3.32. The highest BCUT2D eigenvalue weighted by molar-refractivity contribution is 8.18. The lowest BCUT2D eigenvalue weighted by Crippen LogP contribution is -2.26. The van der Waals surface area contributed by atoms with Crippen LogP contribution in [-0.2, 0) is 14.8 Å². The van der Waals surface area contributed by atoms with Crippen molar-refractivity contribution in [2.75, 3.05) is 12.8 Å². The third-order valence-electron chi connectivity index (χ3n) is 5.31. The van der Waals surface area contributed by atoms with Crippen molar-refractivity contribution >= 4 is 55.9 Å². The number of allylic oxidation sites excluding steroid dienone is 4. The van der Waals surface area contributed by atoms with Crippen LogP contribution in [0.5, 0.6) is 0 Å². The molecule has 0 bridgehead atoms. The van der Waals surface area contributed by atoms with Crippen LogP contribution < -0.4 is 5.32 Å². The third-order valence-corrected chi connectivity index (χ3v) is 7.31. The van der Waals surface area contributed by atoms with E-state index in [1.807, 2.05) is 10.6 Å². The van der Waals surface area contributed by atoms with Gasteiger partial charge in [0, 0.05) is 23.9 Å². The molecule has 0 saturated carbocycles. The first-order chi connectivity index (χ1) is 14.3. The molecule has 0 aromatic carbocycles. The topological polar surface area (TPSA) is 114 Å². The van der Waals surface area contributed by atoms with Gasteiger partial charge in [0.05, 0.1) is 16.9 Å². The molecule has 3 aliphatic rings. The van der Waals surface area contributed by atoms with Gasteiger partial charge in [0.1, 0.15) is 11.8 Å². The number of amides is 2. The molecule has 9 nitrogen and oxygen atoms in total. The lowest BCUT2D eigenvalue weighted by Gasteiger charge is -2.23. The Hall–Kier alpha value is -2.92. The molecule has 0 spiro atoms. The first kappa shape index (κ1) is 19.1. The van der Waals surface area contributed by atoms with Crippen molar-refractivity contribution in [2.24, 2.45) is 5.92 Å². The van der Waals surface area contributed by atoms with Gasteiger partial charge in [-0.1, -0.05) is 6.08 Å². The molecule has 0 radical (unpaired) electrons. The summed E-state index contributed by atoms with van der Waals surface area (Å²) in [5, 5.41) is 1.82. The van der Waals surface area contributed by atoms with Gasteiger partial charge in [-0.3, -0.25) is 23.8 Å². The summed E-state index contributed by atoms with van der Waals surface area (Å²) in [5.41, 5.74) is 3.39. The van der Waals surface area contributed by atoms with E-state index in [-0.39, 0.29) is 10.8 Å². The van der Waals surface area contributed by atoms with Crippen molar-refractivity contribution in [3.8, 4) is 0 Å². The largest absolute Gasteiger partial charge is 0.290 e. The quantitative estimate of drug-likeness (QED) is 0.723. The lowest BCUT2D eigenvalue weighted by atomic mass is 9.96. The number of fused-ring (bicyclic) bond motifs is 2. The van der Waals surface area contributed by atoms with Crippen molar-refractivity contribution in [3.05, 3.63) is 46.9 Å². The van der Waals surface area contributed by atoms with Crippen LogP contribution in [0, 0.1) is 5.92 Å². The van der Waals surface area contributed by atoms with Gasteiger partial charge < -0.3 is 0 Å². The van der Waals surface area contributed by atoms with Crippen molar-refractivity contribution in [1.82, 2.24) is 24.2 Å². The molecule has 4 heterocycles. The Bertz CT molecular complexity index is 1310. The Morgan fingerprint density at radius 3 is 2.87 bits per heavy atom. The first-order valence-corrected chi connectivity index (χ1v) is 11.9. The molecule has 2 aromatic heterocycles. The van der Waals surface area contributed by atoms with Crippen LogP contribution in [0.15, 0.2) is 41.2 Å². The molecule has 1 aliphatic carbocycles. The van der Waals surface area contributed by atoms with E-state index >= 15 is 0 Å². The summed E-state index contributed by atoms with van der Waals surface area (Å²) < 4.78 is 27.5. The number of hydrogen-bond acceptors (Lipinski definition) is 7. The van der Waals surface area contributed by atoms with Crippen LogP contribution in [0.25, 0.3) is 22.9 Å². The molecule has 1 atom stereocenters. The summed E-state index contributed by atoms with van der Waals surface area (Å²) >= 11 is 0.837. The number of pyridine rings is 1. The van der Waals surface area contributed by atoms with Crippen LogP contribution >= 0.6 is 11.8 Å². The van der Waals surface area contributed by atoms with Crippen molar-refractivity contribution < 1.29 is 18.0 Å². The number of aromatic nitrogens is 3.